The molecule has 0 amide bonds. The van der Waals surface area contributed by atoms with Crippen molar-refractivity contribution in [1.29, 1.82) is 0 Å². The monoisotopic (exact) mass is 280 g/mol. The van der Waals surface area contributed by atoms with Gasteiger partial charge in [-0.15, -0.1) is 10.2 Å². The molecular weight excluding hydrogens is 260 g/mol. The summed E-state index contributed by atoms with van der Waals surface area (Å²) in [5, 5.41) is 8.55. The summed E-state index contributed by atoms with van der Waals surface area (Å²) in [6, 6.07) is 3.79. The van der Waals surface area contributed by atoms with Gasteiger partial charge in [0.05, 0.1) is 0 Å². The Morgan fingerprint density at radius 3 is 2.42 bits per heavy atom. The number of anilines is 1. The van der Waals surface area contributed by atoms with Crippen molar-refractivity contribution < 1.29 is 0 Å². The summed E-state index contributed by atoms with van der Waals surface area (Å²) >= 11 is 5.77. The first-order valence-corrected chi connectivity index (χ1v) is 7.65. The lowest BCUT2D eigenvalue weighted by atomic mass is 9.96. The van der Waals surface area contributed by atoms with Crippen LogP contribution in [0, 0.1) is 5.92 Å². The predicted molar refractivity (Wildman–Crippen MR) is 77.7 cm³/mol. The normalized spacial score (nSPS) is 22.1. The summed E-state index contributed by atoms with van der Waals surface area (Å²) in [7, 11) is 0. The number of hydrogen-bond acceptors (Lipinski definition) is 4. The van der Waals surface area contributed by atoms with E-state index < -0.39 is 0 Å². The molecule has 0 atom stereocenters. The lowest BCUT2D eigenvalue weighted by Crippen LogP contribution is -2.38. The van der Waals surface area contributed by atoms with Gasteiger partial charge in [0.25, 0.3) is 0 Å². The van der Waals surface area contributed by atoms with E-state index in [2.05, 4.69) is 20.0 Å². The number of nitrogens with zero attached hydrogens (tertiary/aromatic N) is 4. The molecule has 3 rings (SSSR count). The van der Waals surface area contributed by atoms with Crippen LogP contribution >= 0.6 is 11.6 Å². The second-order valence-electron chi connectivity index (χ2n) is 5.65. The molecule has 2 aliphatic rings. The fourth-order valence-corrected chi connectivity index (χ4v) is 3.25. The highest BCUT2D eigenvalue weighted by molar-refractivity contribution is 6.29. The van der Waals surface area contributed by atoms with Crippen molar-refractivity contribution in [2.24, 2.45) is 5.92 Å². The second-order valence-corrected chi connectivity index (χ2v) is 6.04. The van der Waals surface area contributed by atoms with E-state index in [1.807, 2.05) is 12.1 Å². The predicted octanol–water partition coefficient (Wildman–Crippen LogP) is 2.44. The van der Waals surface area contributed by atoms with E-state index in [-0.39, 0.29) is 0 Å². The molecule has 19 heavy (non-hydrogen) atoms. The molecule has 0 spiro atoms. The van der Waals surface area contributed by atoms with E-state index >= 15 is 0 Å². The molecule has 104 valence electrons. The lowest BCUT2D eigenvalue weighted by Gasteiger charge is -2.34. The van der Waals surface area contributed by atoms with Gasteiger partial charge < -0.3 is 9.80 Å². The summed E-state index contributed by atoms with van der Waals surface area (Å²) < 4.78 is 0. The minimum atomic E-state index is 0.465. The third-order valence-corrected chi connectivity index (χ3v) is 4.47. The molecule has 2 aliphatic heterocycles. The summed E-state index contributed by atoms with van der Waals surface area (Å²) in [5.74, 6) is 1.82. The number of halogens is 1. The summed E-state index contributed by atoms with van der Waals surface area (Å²) in [5.41, 5.74) is 0. The van der Waals surface area contributed by atoms with E-state index in [9.17, 15) is 0 Å². The molecule has 0 aliphatic carbocycles. The molecule has 2 fully saturated rings. The molecule has 1 aromatic rings. The highest BCUT2D eigenvalue weighted by atomic mass is 35.5. The van der Waals surface area contributed by atoms with Crippen LogP contribution in [0.5, 0.6) is 0 Å². The van der Waals surface area contributed by atoms with E-state index in [1.54, 1.807) is 0 Å². The van der Waals surface area contributed by atoms with E-state index in [4.69, 9.17) is 11.6 Å². The molecule has 0 aromatic carbocycles. The van der Waals surface area contributed by atoms with Gasteiger partial charge in [0.15, 0.2) is 11.0 Å². The number of aromatic nitrogens is 2. The standard InChI is InChI=1S/C14H21ClN4/c15-13-3-4-14(17-16-13)19-9-5-12(6-10-19)11-18-7-1-2-8-18/h3-4,12H,1-2,5-11H2. The van der Waals surface area contributed by atoms with Gasteiger partial charge in [-0.05, 0) is 56.8 Å². The van der Waals surface area contributed by atoms with Crippen molar-refractivity contribution in [3.05, 3.63) is 17.3 Å². The highest BCUT2D eigenvalue weighted by Gasteiger charge is 2.23. The Bertz CT molecular complexity index is 394. The first-order valence-electron chi connectivity index (χ1n) is 7.28. The van der Waals surface area contributed by atoms with Crippen molar-refractivity contribution in [1.82, 2.24) is 15.1 Å². The van der Waals surface area contributed by atoms with Gasteiger partial charge >= 0.3 is 0 Å². The maximum atomic E-state index is 5.77. The zero-order valence-corrected chi connectivity index (χ0v) is 12.0. The van der Waals surface area contributed by atoms with Gasteiger partial charge in [-0.25, -0.2) is 0 Å². The third-order valence-electron chi connectivity index (χ3n) is 4.27. The molecule has 2 saturated heterocycles. The number of piperidine rings is 1. The average Bonchev–Trinajstić information content (AvgIpc) is 2.94. The van der Waals surface area contributed by atoms with Crippen LogP contribution in [0.2, 0.25) is 5.15 Å². The second kappa shape index (κ2) is 6.06. The maximum Gasteiger partial charge on any atom is 0.151 e. The zero-order chi connectivity index (χ0) is 13.1. The van der Waals surface area contributed by atoms with Crippen LogP contribution in [0.25, 0.3) is 0 Å². The zero-order valence-electron chi connectivity index (χ0n) is 11.3. The Kier molecular flexibility index (Phi) is 4.18. The first-order chi connectivity index (χ1) is 9.31. The fraction of sp³-hybridized carbons (Fsp3) is 0.714. The number of rotatable bonds is 3. The van der Waals surface area contributed by atoms with Gasteiger partial charge in [0.1, 0.15) is 0 Å². The van der Waals surface area contributed by atoms with Crippen molar-refractivity contribution in [3.8, 4) is 0 Å². The van der Waals surface area contributed by atoms with E-state index in [0.717, 1.165) is 24.8 Å². The van der Waals surface area contributed by atoms with Gasteiger partial charge in [-0.3, -0.25) is 0 Å². The Hall–Kier alpha value is -0.870. The molecule has 0 radical (unpaired) electrons. The number of likely N-dealkylation sites (tertiary alicyclic amines) is 1. The minimum Gasteiger partial charge on any atom is -0.355 e. The minimum absolute atomic E-state index is 0.465. The van der Waals surface area contributed by atoms with Crippen LogP contribution < -0.4 is 4.90 Å². The fourth-order valence-electron chi connectivity index (χ4n) is 3.15. The Morgan fingerprint density at radius 1 is 1.05 bits per heavy atom. The Balaban J connectivity index is 1.50. The molecule has 5 heteroatoms. The van der Waals surface area contributed by atoms with Crippen molar-refractivity contribution >= 4 is 17.4 Å². The van der Waals surface area contributed by atoms with Crippen LogP contribution in [0.4, 0.5) is 5.82 Å². The molecule has 3 heterocycles. The molecule has 0 saturated carbocycles. The van der Waals surface area contributed by atoms with Crippen LogP contribution in [0.3, 0.4) is 0 Å². The summed E-state index contributed by atoms with van der Waals surface area (Å²) in [6.07, 6.45) is 5.31. The van der Waals surface area contributed by atoms with Gasteiger partial charge in [0.2, 0.25) is 0 Å². The van der Waals surface area contributed by atoms with Crippen molar-refractivity contribution in [2.75, 3.05) is 37.6 Å². The largest absolute Gasteiger partial charge is 0.355 e. The average molecular weight is 281 g/mol. The molecule has 1 aromatic heterocycles. The molecule has 0 bridgehead atoms. The van der Waals surface area contributed by atoms with Gasteiger partial charge in [0, 0.05) is 19.6 Å². The highest BCUT2D eigenvalue weighted by Crippen LogP contribution is 2.23. The van der Waals surface area contributed by atoms with Gasteiger partial charge in [-0.1, -0.05) is 11.6 Å². The third kappa shape index (κ3) is 3.37. The number of hydrogen-bond donors (Lipinski definition) is 0. The Morgan fingerprint density at radius 2 is 1.79 bits per heavy atom. The SMILES string of the molecule is Clc1ccc(N2CCC(CN3CCCC3)CC2)nn1. The van der Waals surface area contributed by atoms with E-state index in [1.165, 1.54) is 45.3 Å². The topological polar surface area (TPSA) is 32.3 Å². The molecule has 4 nitrogen and oxygen atoms in total. The molecule has 0 N–H and O–H groups in total. The molecular formula is C14H21ClN4. The van der Waals surface area contributed by atoms with Crippen LogP contribution in [-0.2, 0) is 0 Å². The van der Waals surface area contributed by atoms with Crippen molar-refractivity contribution in [2.45, 2.75) is 25.7 Å². The smallest absolute Gasteiger partial charge is 0.151 e. The van der Waals surface area contributed by atoms with Crippen LogP contribution in [0.15, 0.2) is 12.1 Å². The van der Waals surface area contributed by atoms with Crippen LogP contribution in [0.1, 0.15) is 25.7 Å². The maximum absolute atomic E-state index is 5.77. The lowest BCUT2D eigenvalue weighted by molar-refractivity contribution is 0.249. The summed E-state index contributed by atoms with van der Waals surface area (Å²) in [6.45, 7) is 6.09. The van der Waals surface area contributed by atoms with Crippen LogP contribution in [-0.4, -0.2) is 47.8 Å². The van der Waals surface area contributed by atoms with E-state index in [0.29, 0.717) is 5.15 Å². The molecule has 0 unspecified atom stereocenters. The van der Waals surface area contributed by atoms with Crippen molar-refractivity contribution in [3.63, 3.8) is 0 Å². The summed E-state index contributed by atoms with van der Waals surface area (Å²) in [4.78, 5) is 4.95. The van der Waals surface area contributed by atoms with Gasteiger partial charge in [-0.2, -0.15) is 0 Å². The quantitative estimate of drug-likeness (QED) is 0.851. The Labute approximate surface area is 119 Å². The first kappa shape index (κ1) is 13.1.